The van der Waals surface area contributed by atoms with E-state index in [1.807, 2.05) is 0 Å². The average Bonchev–Trinajstić information content (AvgIpc) is 1.45. The third-order valence-corrected chi connectivity index (χ3v) is 20.3. The number of carbonyl (C=O) groups is 1. The first-order chi connectivity index (χ1) is 45.3. The highest BCUT2D eigenvalue weighted by Gasteiger charge is 2.44. The summed E-state index contributed by atoms with van der Waals surface area (Å²) in [5, 5.41) is 55.1. The number of rotatable bonds is 75. The smallest absolute Gasteiger partial charge is 0.220 e. The van der Waals surface area contributed by atoms with Gasteiger partial charge in [0.25, 0.3) is 0 Å². The fraction of sp³-hybridized carbons (Fsp3) is 0.940. The van der Waals surface area contributed by atoms with Gasteiger partial charge in [-0.15, -0.1) is 0 Å². The van der Waals surface area contributed by atoms with Crippen molar-refractivity contribution < 1.29 is 39.8 Å². The van der Waals surface area contributed by atoms with Gasteiger partial charge in [0, 0.05) is 6.42 Å². The van der Waals surface area contributed by atoms with E-state index in [0.717, 1.165) is 44.9 Å². The van der Waals surface area contributed by atoms with Crippen molar-refractivity contribution in [1.82, 2.24) is 5.32 Å². The van der Waals surface area contributed by atoms with Crippen LogP contribution in [-0.2, 0) is 14.3 Å². The molecule has 0 aromatic heterocycles. The molecule has 92 heavy (non-hydrogen) atoms. The van der Waals surface area contributed by atoms with E-state index in [2.05, 4.69) is 43.5 Å². The molecular weight excluding hydrogens is 1140 g/mol. The third-order valence-electron chi connectivity index (χ3n) is 20.3. The molecule has 0 radical (unpaired) electrons. The predicted octanol–water partition coefficient (Wildman–Crippen LogP) is 23.9. The van der Waals surface area contributed by atoms with Crippen LogP contribution in [0, 0.1) is 0 Å². The van der Waals surface area contributed by atoms with Gasteiger partial charge in [0.2, 0.25) is 5.91 Å². The van der Waals surface area contributed by atoms with Gasteiger partial charge in [-0.05, 0) is 44.9 Å². The standard InChI is InChI=1S/C83H161NO8/c1-3-5-7-9-11-13-15-17-19-21-23-25-27-29-31-33-35-36-37-38-39-40-41-42-43-45-47-49-51-53-55-57-59-61-63-65-67-69-71-73-79(87)84-76(75-91-83-82(90)81(89)80(88)78(74-85)92-83)77(86)72-70-68-66-64-62-60-58-56-54-52-50-48-46-44-34-32-30-28-26-24-22-20-18-16-14-12-10-8-6-4-2/h15,17,21,23,76-78,80-83,85-86,88-90H,3-14,16,18-20,22,24-75H2,1-2H3,(H,84,87)/b17-15-,23-21-. The second-order valence-electron chi connectivity index (χ2n) is 29.3. The fourth-order valence-electron chi connectivity index (χ4n) is 13.8. The molecule has 9 heteroatoms. The van der Waals surface area contributed by atoms with E-state index in [1.165, 1.54) is 372 Å². The van der Waals surface area contributed by atoms with Gasteiger partial charge >= 0.3 is 0 Å². The lowest BCUT2D eigenvalue weighted by molar-refractivity contribution is -0.302. The molecule has 0 aliphatic carbocycles. The number of unbranched alkanes of at least 4 members (excludes halogenated alkanes) is 61. The van der Waals surface area contributed by atoms with Crippen molar-refractivity contribution in [3.8, 4) is 0 Å². The van der Waals surface area contributed by atoms with E-state index in [-0.39, 0.29) is 12.5 Å². The van der Waals surface area contributed by atoms with Crippen LogP contribution in [0.5, 0.6) is 0 Å². The van der Waals surface area contributed by atoms with Crippen LogP contribution in [0.1, 0.15) is 444 Å². The minimum Gasteiger partial charge on any atom is -0.394 e. The maximum atomic E-state index is 13.2. The summed E-state index contributed by atoms with van der Waals surface area (Å²) >= 11 is 0. The molecule has 1 amide bonds. The minimum atomic E-state index is -1.55. The summed E-state index contributed by atoms with van der Waals surface area (Å²) in [5.41, 5.74) is 0. The zero-order chi connectivity index (χ0) is 66.4. The largest absolute Gasteiger partial charge is 0.394 e. The summed E-state index contributed by atoms with van der Waals surface area (Å²) in [5.74, 6) is -0.133. The van der Waals surface area contributed by atoms with Gasteiger partial charge in [-0.25, -0.2) is 0 Å². The lowest BCUT2D eigenvalue weighted by Crippen LogP contribution is -2.60. The first-order valence-electron chi connectivity index (χ1n) is 41.5. The minimum absolute atomic E-state index is 0.132. The quantitative estimate of drug-likeness (QED) is 0.0261. The molecule has 1 rings (SSSR count). The van der Waals surface area contributed by atoms with Crippen LogP contribution < -0.4 is 5.32 Å². The van der Waals surface area contributed by atoms with Gasteiger partial charge in [-0.1, -0.05) is 417 Å². The molecule has 1 heterocycles. The maximum Gasteiger partial charge on any atom is 0.220 e. The molecule has 0 aromatic rings. The van der Waals surface area contributed by atoms with Crippen molar-refractivity contribution in [3.63, 3.8) is 0 Å². The Morgan fingerprint density at radius 3 is 0.935 bits per heavy atom. The number of nitrogens with one attached hydrogen (secondary N) is 1. The molecule has 0 saturated carbocycles. The van der Waals surface area contributed by atoms with Crippen molar-refractivity contribution in [1.29, 1.82) is 0 Å². The predicted molar refractivity (Wildman–Crippen MR) is 397 cm³/mol. The van der Waals surface area contributed by atoms with Crippen LogP contribution in [0.4, 0.5) is 0 Å². The van der Waals surface area contributed by atoms with Crippen LogP contribution in [0.15, 0.2) is 24.3 Å². The summed E-state index contributed by atoms with van der Waals surface area (Å²) in [6, 6.07) is -0.718. The van der Waals surface area contributed by atoms with Gasteiger partial charge in [0.1, 0.15) is 24.4 Å². The lowest BCUT2D eigenvalue weighted by atomic mass is 9.99. The Morgan fingerprint density at radius 2 is 0.641 bits per heavy atom. The topological polar surface area (TPSA) is 149 Å². The average molecular weight is 1300 g/mol. The molecule has 6 N–H and O–H groups in total. The molecule has 7 unspecified atom stereocenters. The SMILES string of the molecule is CCCCCCC/C=C\C/C=C\CCCCCCCCCCCCCCCCCCCCCCCCCCCCCC(=O)NC(COC1OC(CO)C(O)C(O)C1O)C(O)CCCCCCCCCCCCCCCCCCCCCCCCCCCCCCCC. The van der Waals surface area contributed by atoms with Crippen LogP contribution in [0.2, 0.25) is 0 Å². The molecule has 1 aliphatic rings. The van der Waals surface area contributed by atoms with Gasteiger partial charge in [0.05, 0.1) is 25.4 Å². The van der Waals surface area contributed by atoms with Crippen LogP contribution in [0.3, 0.4) is 0 Å². The molecular formula is C83H161NO8. The molecule has 0 bridgehead atoms. The highest BCUT2D eigenvalue weighted by molar-refractivity contribution is 5.76. The van der Waals surface area contributed by atoms with Gasteiger partial charge in [0.15, 0.2) is 6.29 Å². The Kier molecular flexibility index (Phi) is 69.8. The summed E-state index contributed by atoms with van der Waals surface area (Å²) < 4.78 is 11.4. The van der Waals surface area contributed by atoms with E-state index in [4.69, 9.17) is 9.47 Å². The number of allylic oxidation sites excluding steroid dienone is 4. The molecule has 546 valence electrons. The Hall–Kier alpha value is -1.33. The number of aliphatic hydroxyl groups excluding tert-OH is 5. The number of hydrogen-bond donors (Lipinski definition) is 6. The van der Waals surface area contributed by atoms with Gasteiger partial charge in [-0.2, -0.15) is 0 Å². The number of hydrogen-bond acceptors (Lipinski definition) is 8. The number of ether oxygens (including phenoxy) is 2. The summed E-state index contributed by atoms with van der Waals surface area (Å²) in [7, 11) is 0. The highest BCUT2D eigenvalue weighted by Crippen LogP contribution is 2.25. The Labute approximate surface area is 572 Å². The first-order valence-corrected chi connectivity index (χ1v) is 41.5. The van der Waals surface area contributed by atoms with Crippen LogP contribution in [-0.4, -0.2) is 87.5 Å². The van der Waals surface area contributed by atoms with Crippen molar-refractivity contribution in [3.05, 3.63) is 24.3 Å². The maximum absolute atomic E-state index is 13.2. The first kappa shape index (κ1) is 88.7. The Morgan fingerprint density at radius 1 is 0.370 bits per heavy atom. The summed E-state index contributed by atoms with van der Waals surface area (Å²) in [6.45, 7) is 3.90. The van der Waals surface area contributed by atoms with Crippen molar-refractivity contribution >= 4 is 5.91 Å². The Bertz CT molecular complexity index is 1510. The van der Waals surface area contributed by atoms with Crippen molar-refractivity contribution in [2.45, 2.75) is 487 Å². The van der Waals surface area contributed by atoms with E-state index >= 15 is 0 Å². The number of amides is 1. The molecule has 1 saturated heterocycles. The number of carbonyl (C=O) groups excluding carboxylic acids is 1. The second-order valence-corrected chi connectivity index (χ2v) is 29.3. The third kappa shape index (κ3) is 59.9. The van der Waals surface area contributed by atoms with E-state index in [9.17, 15) is 30.3 Å². The van der Waals surface area contributed by atoms with Gasteiger partial charge in [-0.3, -0.25) is 4.79 Å². The second kappa shape index (κ2) is 72.4. The summed E-state index contributed by atoms with van der Waals surface area (Å²) in [4.78, 5) is 13.2. The van der Waals surface area contributed by atoms with Crippen molar-refractivity contribution in [2.24, 2.45) is 0 Å². The lowest BCUT2D eigenvalue weighted by Gasteiger charge is -2.40. The van der Waals surface area contributed by atoms with Gasteiger partial charge < -0.3 is 40.3 Å². The molecule has 0 aromatic carbocycles. The molecule has 1 fully saturated rings. The van der Waals surface area contributed by atoms with Crippen molar-refractivity contribution in [2.75, 3.05) is 13.2 Å². The zero-order valence-corrected chi connectivity index (χ0v) is 61.6. The molecule has 0 spiro atoms. The van der Waals surface area contributed by atoms with Crippen LogP contribution >= 0.6 is 0 Å². The fourth-order valence-corrected chi connectivity index (χ4v) is 13.8. The highest BCUT2D eigenvalue weighted by atomic mass is 16.7. The summed E-state index contributed by atoms with van der Waals surface area (Å²) in [6.07, 6.45) is 90.2. The molecule has 7 atom stereocenters. The Balaban J connectivity index is 2.02. The van der Waals surface area contributed by atoms with E-state index in [0.29, 0.717) is 12.8 Å². The normalized spacial score (nSPS) is 17.7. The monoisotopic (exact) mass is 1300 g/mol. The zero-order valence-electron chi connectivity index (χ0n) is 61.6. The number of aliphatic hydroxyl groups is 5. The van der Waals surface area contributed by atoms with E-state index in [1.54, 1.807) is 0 Å². The molecule has 1 aliphatic heterocycles. The van der Waals surface area contributed by atoms with Crippen LogP contribution in [0.25, 0.3) is 0 Å². The van der Waals surface area contributed by atoms with E-state index < -0.39 is 49.5 Å². The molecule has 9 nitrogen and oxygen atoms in total.